The van der Waals surface area contributed by atoms with Crippen LogP contribution in [0.15, 0.2) is 41.4 Å². The molecule has 1 amide bonds. The smallest absolute Gasteiger partial charge is 0.250 e. The number of amides is 1. The number of rotatable bonds is 5. The summed E-state index contributed by atoms with van der Waals surface area (Å²) in [5.41, 5.74) is 2.65. The zero-order valence-corrected chi connectivity index (χ0v) is 20.6. The third kappa shape index (κ3) is 5.50. The average molecular weight is 501 g/mol. The zero-order valence-electron chi connectivity index (χ0n) is 19.8. The number of guanidine groups is 1. The highest BCUT2D eigenvalue weighted by molar-refractivity contribution is 7.89. The van der Waals surface area contributed by atoms with Crippen molar-refractivity contribution in [3.05, 3.63) is 42.0 Å². The number of carbonyl (C=O) groups is 1. The van der Waals surface area contributed by atoms with Gasteiger partial charge in [0.15, 0.2) is 0 Å². The van der Waals surface area contributed by atoms with Crippen molar-refractivity contribution in [2.75, 3.05) is 45.0 Å². The summed E-state index contributed by atoms with van der Waals surface area (Å²) in [5.74, 6) is -0.470. The van der Waals surface area contributed by atoms with E-state index in [2.05, 4.69) is 9.89 Å². The van der Waals surface area contributed by atoms with Crippen molar-refractivity contribution in [2.45, 2.75) is 32.1 Å². The van der Waals surface area contributed by atoms with Gasteiger partial charge in [-0.3, -0.25) is 10.0 Å². The van der Waals surface area contributed by atoms with Crippen LogP contribution >= 0.6 is 0 Å². The fourth-order valence-electron chi connectivity index (χ4n) is 5.25. The van der Waals surface area contributed by atoms with Gasteiger partial charge in [-0.05, 0) is 43.2 Å². The number of nitriles is 1. The van der Waals surface area contributed by atoms with Gasteiger partial charge in [0.1, 0.15) is 0 Å². The predicted octanol–water partition coefficient (Wildman–Crippen LogP) is 1.63. The van der Waals surface area contributed by atoms with Gasteiger partial charge in [-0.25, -0.2) is 13.9 Å². The largest absolute Gasteiger partial charge is 0.342 e. The van der Waals surface area contributed by atoms with Crippen LogP contribution in [0.5, 0.6) is 0 Å². The summed E-state index contributed by atoms with van der Waals surface area (Å²) >= 11 is 0. The SMILES string of the molecule is N#C/N=C(\N1CCCC1)N1CCC(CS(=O)(=O)N2CC=C(c3ccccc3)CC2)(C(=O)NO)CC1. The van der Waals surface area contributed by atoms with Gasteiger partial charge in [-0.1, -0.05) is 36.4 Å². The van der Waals surface area contributed by atoms with Crippen LogP contribution < -0.4 is 5.48 Å². The summed E-state index contributed by atoms with van der Waals surface area (Å²) in [6.07, 6.45) is 6.92. The van der Waals surface area contributed by atoms with Crippen molar-refractivity contribution in [1.82, 2.24) is 19.6 Å². The lowest BCUT2D eigenvalue weighted by molar-refractivity contribution is -0.140. The lowest BCUT2D eigenvalue weighted by Gasteiger charge is -2.42. The monoisotopic (exact) mass is 500 g/mol. The number of hydrogen-bond acceptors (Lipinski definition) is 6. The van der Waals surface area contributed by atoms with Crippen molar-refractivity contribution in [3.63, 3.8) is 0 Å². The van der Waals surface area contributed by atoms with Gasteiger partial charge in [0, 0.05) is 39.3 Å². The van der Waals surface area contributed by atoms with Crippen molar-refractivity contribution >= 4 is 27.5 Å². The lowest BCUT2D eigenvalue weighted by Crippen LogP contribution is -2.56. The van der Waals surface area contributed by atoms with Crippen molar-refractivity contribution < 1.29 is 18.4 Å². The van der Waals surface area contributed by atoms with E-state index in [0.29, 0.717) is 32.0 Å². The van der Waals surface area contributed by atoms with Crippen molar-refractivity contribution in [3.8, 4) is 6.19 Å². The summed E-state index contributed by atoms with van der Waals surface area (Å²) in [4.78, 5) is 20.8. The lowest BCUT2D eigenvalue weighted by atomic mass is 9.79. The van der Waals surface area contributed by atoms with E-state index in [4.69, 9.17) is 5.26 Å². The molecule has 10 nitrogen and oxygen atoms in total. The molecule has 0 atom stereocenters. The molecule has 0 saturated carbocycles. The first-order valence-electron chi connectivity index (χ1n) is 12.0. The molecule has 0 unspecified atom stereocenters. The molecule has 35 heavy (non-hydrogen) atoms. The second-order valence-corrected chi connectivity index (χ2v) is 11.3. The number of nitrogens with zero attached hydrogens (tertiary/aromatic N) is 5. The van der Waals surface area contributed by atoms with E-state index >= 15 is 0 Å². The van der Waals surface area contributed by atoms with E-state index in [-0.39, 0.29) is 25.1 Å². The fraction of sp³-hybridized carbons (Fsp3) is 0.542. The molecular formula is C24H32N6O4S. The Hall–Kier alpha value is -2.94. The molecule has 1 aromatic rings. The molecule has 2 N–H and O–H groups in total. The Labute approximate surface area is 206 Å². The Kier molecular flexibility index (Phi) is 7.74. The molecule has 0 aliphatic carbocycles. The number of nitrogens with one attached hydrogen (secondary N) is 1. The molecule has 2 fully saturated rings. The maximum Gasteiger partial charge on any atom is 0.250 e. The van der Waals surface area contributed by atoms with E-state index in [1.165, 1.54) is 4.31 Å². The molecule has 0 aromatic heterocycles. The summed E-state index contributed by atoms with van der Waals surface area (Å²) in [6.45, 7) is 2.99. The number of carbonyl (C=O) groups excluding carboxylic acids is 1. The van der Waals surface area contributed by atoms with Crippen LogP contribution in [0.3, 0.4) is 0 Å². The topological polar surface area (TPSA) is 129 Å². The molecule has 11 heteroatoms. The second-order valence-electron chi connectivity index (χ2n) is 9.37. The van der Waals surface area contributed by atoms with Crippen LogP contribution in [0, 0.1) is 16.9 Å². The van der Waals surface area contributed by atoms with Crippen LogP contribution in [0.2, 0.25) is 0 Å². The van der Waals surface area contributed by atoms with Gasteiger partial charge >= 0.3 is 0 Å². The minimum Gasteiger partial charge on any atom is -0.342 e. The van der Waals surface area contributed by atoms with Crippen LogP contribution in [0.4, 0.5) is 0 Å². The number of hydroxylamine groups is 1. The Balaban J connectivity index is 1.46. The first-order valence-corrected chi connectivity index (χ1v) is 13.6. The van der Waals surface area contributed by atoms with E-state index < -0.39 is 21.3 Å². The van der Waals surface area contributed by atoms with E-state index in [0.717, 1.165) is 37.1 Å². The number of piperidine rings is 1. The summed E-state index contributed by atoms with van der Waals surface area (Å²) in [5, 5.41) is 18.6. The van der Waals surface area contributed by atoms with Crippen LogP contribution in [0.1, 0.15) is 37.7 Å². The number of likely N-dealkylation sites (tertiary alicyclic amines) is 2. The maximum atomic E-state index is 13.4. The normalized spacial score (nSPS) is 21.4. The maximum absolute atomic E-state index is 13.4. The Morgan fingerprint density at radius 3 is 2.31 bits per heavy atom. The molecule has 3 heterocycles. The third-order valence-electron chi connectivity index (χ3n) is 7.29. The van der Waals surface area contributed by atoms with Crippen molar-refractivity contribution in [2.24, 2.45) is 10.4 Å². The quantitative estimate of drug-likeness (QED) is 0.207. The highest BCUT2D eigenvalue weighted by Gasteiger charge is 2.47. The first kappa shape index (κ1) is 25.2. The standard InChI is InChI=1S/C24H32N6O4S/c25-19-26-23(28-12-4-5-13-28)29-16-10-24(11-17-29,22(31)27-32)18-35(33,34)30-14-8-21(9-15-30)20-6-2-1-3-7-20/h1-3,6-8,32H,4-5,9-18H2,(H,27,31)/b26-23+. The summed E-state index contributed by atoms with van der Waals surface area (Å²) in [6, 6.07) is 9.88. The van der Waals surface area contributed by atoms with Crippen molar-refractivity contribution in [1.29, 1.82) is 5.26 Å². The van der Waals surface area contributed by atoms with E-state index in [9.17, 15) is 18.4 Å². The van der Waals surface area contributed by atoms with E-state index in [1.807, 2.05) is 47.5 Å². The molecule has 1 aromatic carbocycles. The Morgan fingerprint density at radius 1 is 1.09 bits per heavy atom. The van der Waals surface area contributed by atoms with Crippen LogP contribution in [0.25, 0.3) is 5.57 Å². The Morgan fingerprint density at radius 2 is 1.74 bits per heavy atom. The molecule has 3 aliphatic rings. The minimum absolute atomic E-state index is 0.232. The summed E-state index contributed by atoms with van der Waals surface area (Å²) in [7, 11) is -3.76. The van der Waals surface area contributed by atoms with Gasteiger partial charge in [-0.15, -0.1) is 4.99 Å². The molecule has 188 valence electrons. The predicted molar refractivity (Wildman–Crippen MR) is 131 cm³/mol. The van der Waals surface area contributed by atoms with Gasteiger partial charge in [0.05, 0.1) is 11.2 Å². The zero-order chi connectivity index (χ0) is 24.9. The second kappa shape index (κ2) is 10.8. The van der Waals surface area contributed by atoms with Gasteiger partial charge in [0.25, 0.3) is 5.91 Å². The highest BCUT2D eigenvalue weighted by Crippen LogP contribution is 2.36. The molecule has 0 radical (unpaired) electrons. The number of sulfonamides is 1. The molecule has 2 saturated heterocycles. The van der Waals surface area contributed by atoms with Crippen LogP contribution in [-0.2, 0) is 14.8 Å². The average Bonchev–Trinajstić information content (AvgIpc) is 3.42. The molecule has 0 spiro atoms. The molecule has 4 rings (SSSR count). The minimum atomic E-state index is -3.76. The molecular weight excluding hydrogens is 468 g/mol. The fourth-order valence-corrected chi connectivity index (χ4v) is 7.22. The number of hydrogen-bond donors (Lipinski definition) is 2. The van der Waals surface area contributed by atoms with Gasteiger partial charge < -0.3 is 9.80 Å². The van der Waals surface area contributed by atoms with Crippen LogP contribution in [-0.4, -0.2) is 84.6 Å². The third-order valence-corrected chi connectivity index (χ3v) is 9.33. The summed E-state index contributed by atoms with van der Waals surface area (Å²) < 4.78 is 28.2. The number of aliphatic imine (C=N–C) groups is 1. The van der Waals surface area contributed by atoms with Gasteiger partial charge in [-0.2, -0.15) is 9.57 Å². The van der Waals surface area contributed by atoms with Gasteiger partial charge in [0.2, 0.25) is 22.2 Å². The van der Waals surface area contributed by atoms with E-state index in [1.54, 1.807) is 5.48 Å². The number of benzene rings is 1. The highest BCUT2D eigenvalue weighted by atomic mass is 32.2. The Bertz CT molecular complexity index is 1110. The first-order chi connectivity index (χ1) is 16.9. The molecule has 0 bridgehead atoms. The molecule has 3 aliphatic heterocycles.